The van der Waals surface area contributed by atoms with E-state index in [4.69, 9.17) is 10.8 Å². The lowest BCUT2D eigenvalue weighted by Crippen LogP contribution is -2.31. The lowest BCUT2D eigenvalue weighted by Gasteiger charge is -2.18. The van der Waals surface area contributed by atoms with Crippen LogP contribution in [0.25, 0.3) is 6.08 Å². The normalized spacial score (nSPS) is 10.6. The number of aliphatic carboxylic acids is 1. The molecule has 0 aliphatic carbocycles. The highest BCUT2D eigenvalue weighted by molar-refractivity contribution is 5.85. The van der Waals surface area contributed by atoms with Gasteiger partial charge in [0, 0.05) is 13.1 Å². The standard InChI is InChI=1S/C12H13FN2O3/c1-15(7-11(14)16)10-4-2-8(6-9(10)13)3-5-12(17)18/h2-6H,7H2,1H3,(H2,14,16)(H,17,18)/b5-3+. The molecule has 0 atom stereocenters. The van der Waals surface area contributed by atoms with Crippen molar-refractivity contribution in [3.63, 3.8) is 0 Å². The van der Waals surface area contributed by atoms with Crippen LogP contribution in [-0.4, -0.2) is 30.6 Å². The zero-order valence-electron chi connectivity index (χ0n) is 9.76. The summed E-state index contributed by atoms with van der Waals surface area (Å²) in [6, 6.07) is 4.20. The van der Waals surface area contributed by atoms with Crippen LogP contribution in [0.4, 0.5) is 10.1 Å². The summed E-state index contributed by atoms with van der Waals surface area (Å²) in [5, 5.41) is 8.45. The third-order valence-corrected chi connectivity index (χ3v) is 2.19. The van der Waals surface area contributed by atoms with Crippen LogP contribution in [0.3, 0.4) is 0 Å². The number of anilines is 1. The van der Waals surface area contributed by atoms with Gasteiger partial charge in [-0.2, -0.15) is 0 Å². The number of hydrogen-bond donors (Lipinski definition) is 2. The lowest BCUT2D eigenvalue weighted by atomic mass is 10.1. The molecule has 0 saturated carbocycles. The fourth-order valence-corrected chi connectivity index (χ4v) is 1.42. The number of benzene rings is 1. The number of carbonyl (C=O) groups excluding carboxylic acids is 1. The Balaban J connectivity index is 2.92. The van der Waals surface area contributed by atoms with Crippen LogP contribution in [0.5, 0.6) is 0 Å². The highest BCUT2D eigenvalue weighted by Crippen LogP contribution is 2.19. The van der Waals surface area contributed by atoms with Gasteiger partial charge >= 0.3 is 5.97 Å². The first-order valence-corrected chi connectivity index (χ1v) is 5.10. The van der Waals surface area contributed by atoms with Gasteiger partial charge in [-0.05, 0) is 23.8 Å². The molecule has 0 unspecified atom stereocenters. The molecule has 0 fully saturated rings. The predicted molar refractivity (Wildman–Crippen MR) is 65.5 cm³/mol. The summed E-state index contributed by atoms with van der Waals surface area (Å²) >= 11 is 0. The van der Waals surface area contributed by atoms with Gasteiger partial charge in [0.2, 0.25) is 5.91 Å². The molecule has 1 rings (SSSR count). The summed E-state index contributed by atoms with van der Waals surface area (Å²) in [5.41, 5.74) is 5.66. The van der Waals surface area contributed by atoms with Gasteiger partial charge in [0.05, 0.1) is 12.2 Å². The van der Waals surface area contributed by atoms with Crippen molar-refractivity contribution < 1.29 is 19.1 Å². The van der Waals surface area contributed by atoms with E-state index < -0.39 is 17.7 Å². The first-order valence-electron chi connectivity index (χ1n) is 5.10. The van der Waals surface area contributed by atoms with Crippen LogP contribution in [-0.2, 0) is 9.59 Å². The highest BCUT2D eigenvalue weighted by Gasteiger charge is 2.09. The fourth-order valence-electron chi connectivity index (χ4n) is 1.42. The Labute approximate surface area is 103 Å². The number of hydrogen-bond acceptors (Lipinski definition) is 3. The van der Waals surface area contributed by atoms with Gasteiger partial charge in [0.1, 0.15) is 5.82 Å². The van der Waals surface area contributed by atoms with Crippen molar-refractivity contribution in [1.82, 2.24) is 0 Å². The van der Waals surface area contributed by atoms with E-state index >= 15 is 0 Å². The Morgan fingerprint density at radius 2 is 2.17 bits per heavy atom. The maximum absolute atomic E-state index is 13.7. The molecule has 0 radical (unpaired) electrons. The molecular formula is C12H13FN2O3. The van der Waals surface area contributed by atoms with Crippen LogP contribution >= 0.6 is 0 Å². The molecule has 1 aromatic rings. The minimum absolute atomic E-state index is 0.0960. The van der Waals surface area contributed by atoms with Crippen molar-refractivity contribution in [2.75, 3.05) is 18.5 Å². The molecule has 18 heavy (non-hydrogen) atoms. The number of carboxylic acids is 1. The molecule has 6 heteroatoms. The van der Waals surface area contributed by atoms with E-state index in [1.54, 1.807) is 6.07 Å². The summed E-state index contributed by atoms with van der Waals surface area (Å²) in [6.45, 7) is -0.0960. The van der Waals surface area contributed by atoms with E-state index in [1.165, 1.54) is 30.2 Å². The summed E-state index contributed by atoms with van der Waals surface area (Å²) in [5.74, 6) is -2.22. The fraction of sp³-hybridized carbons (Fsp3) is 0.167. The first-order chi connectivity index (χ1) is 8.40. The third-order valence-electron chi connectivity index (χ3n) is 2.19. The molecule has 3 N–H and O–H groups in total. The number of nitrogens with zero attached hydrogens (tertiary/aromatic N) is 1. The van der Waals surface area contributed by atoms with Gasteiger partial charge in [-0.1, -0.05) is 6.07 Å². The summed E-state index contributed by atoms with van der Waals surface area (Å²) in [6.07, 6.45) is 2.20. The zero-order chi connectivity index (χ0) is 13.7. The minimum atomic E-state index is -1.11. The summed E-state index contributed by atoms with van der Waals surface area (Å²) < 4.78 is 13.7. The second-order valence-corrected chi connectivity index (χ2v) is 3.70. The molecule has 0 aliphatic rings. The average Bonchev–Trinajstić information content (AvgIpc) is 2.25. The number of carboxylic acid groups (broad SMARTS) is 1. The second-order valence-electron chi connectivity index (χ2n) is 3.70. The number of nitrogens with two attached hydrogens (primary N) is 1. The number of likely N-dealkylation sites (N-methyl/N-ethyl adjacent to an activating group) is 1. The number of rotatable bonds is 5. The molecule has 0 spiro atoms. The summed E-state index contributed by atoms with van der Waals surface area (Å²) in [7, 11) is 1.54. The SMILES string of the molecule is CN(CC(N)=O)c1ccc(/C=C/C(=O)O)cc1F. The number of halogens is 1. The second kappa shape index (κ2) is 5.81. The smallest absolute Gasteiger partial charge is 0.328 e. The van der Waals surface area contributed by atoms with E-state index in [1.807, 2.05) is 0 Å². The van der Waals surface area contributed by atoms with Gasteiger partial charge < -0.3 is 15.7 Å². The maximum atomic E-state index is 13.7. The van der Waals surface area contributed by atoms with Crippen molar-refractivity contribution in [1.29, 1.82) is 0 Å². The Kier molecular flexibility index (Phi) is 4.42. The van der Waals surface area contributed by atoms with Gasteiger partial charge in [0.25, 0.3) is 0 Å². The van der Waals surface area contributed by atoms with Gasteiger partial charge in [-0.3, -0.25) is 4.79 Å². The maximum Gasteiger partial charge on any atom is 0.328 e. The molecule has 0 aliphatic heterocycles. The van der Waals surface area contributed by atoms with Crippen LogP contribution in [0, 0.1) is 5.82 Å². The molecule has 0 saturated heterocycles. The highest BCUT2D eigenvalue weighted by atomic mass is 19.1. The predicted octanol–water partition coefficient (Wildman–Crippen LogP) is 0.845. The molecule has 96 valence electrons. The molecule has 0 heterocycles. The molecule has 5 nitrogen and oxygen atoms in total. The largest absolute Gasteiger partial charge is 0.478 e. The molecule has 1 amide bonds. The summed E-state index contributed by atoms with van der Waals surface area (Å²) in [4.78, 5) is 22.4. The van der Waals surface area contributed by atoms with Gasteiger partial charge in [-0.25, -0.2) is 9.18 Å². The van der Waals surface area contributed by atoms with Crippen molar-refractivity contribution in [2.45, 2.75) is 0 Å². The first kappa shape index (κ1) is 13.7. The zero-order valence-corrected chi connectivity index (χ0v) is 9.76. The van der Waals surface area contributed by atoms with Crippen LogP contribution in [0.1, 0.15) is 5.56 Å². The topological polar surface area (TPSA) is 83.6 Å². The third kappa shape index (κ3) is 3.89. The van der Waals surface area contributed by atoms with Crippen molar-refractivity contribution in [3.05, 3.63) is 35.7 Å². The van der Waals surface area contributed by atoms with E-state index in [0.29, 0.717) is 5.56 Å². The molecule has 0 bridgehead atoms. The van der Waals surface area contributed by atoms with Crippen LogP contribution in [0.15, 0.2) is 24.3 Å². The van der Waals surface area contributed by atoms with Crippen molar-refractivity contribution >= 4 is 23.6 Å². The Hall–Kier alpha value is -2.37. The molecule has 0 aromatic heterocycles. The Bertz CT molecular complexity index is 500. The van der Waals surface area contributed by atoms with E-state index in [0.717, 1.165) is 6.08 Å². The van der Waals surface area contributed by atoms with Crippen molar-refractivity contribution in [2.24, 2.45) is 5.73 Å². The molecule has 1 aromatic carbocycles. The number of amides is 1. The Morgan fingerprint density at radius 3 is 2.67 bits per heavy atom. The average molecular weight is 252 g/mol. The lowest BCUT2D eigenvalue weighted by molar-refractivity contribution is -0.131. The van der Waals surface area contributed by atoms with Crippen molar-refractivity contribution in [3.8, 4) is 0 Å². The van der Waals surface area contributed by atoms with E-state index in [2.05, 4.69) is 0 Å². The number of primary amides is 1. The van der Waals surface area contributed by atoms with Crippen LogP contribution < -0.4 is 10.6 Å². The van der Waals surface area contributed by atoms with E-state index in [9.17, 15) is 14.0 Å². The quantitative estimate of drug-likeness (QED) is 0.761. The molecular weight excluding hydrogens is 239 g/mol. The van der Waals surface area contributed by atoms with Gasteiger partial charge in [0.15, 0.2) is 0 Å². The Morgan fingerprint density at radius 1 is 1.50 bits per heavy atom. The minimum Gasteiger partial charge on any atom is -0.478 e. The van der Waals surface area contributed by atoms with Gasteiger partial charge in [-0.15, -0.1) is 0 Å². The van der Waals surface area contributed by atoms with E-state index in [-0.39, 0.29) is 12.2 Å². The monoisotopic (exact) mass is 252 g/mol. The van der Waals surface area contributed by atoms with Crippen LogP contribution in [0.2, 0.25) is 0 Å². The number of carbonyl (C=O) groups is 2.